The Hall–Kier alpha value is -1.99. The van der Waals surface area contributed by atoms with Gasteiger partial charge in [0.1, 0.15) is 11.9 Å². The number of hydrogen-bond acceptors (Lipinski definition) is 4. The minimum atomic E-state index is -0.315. The van der Waals surface area contributed by atoms with E-state index in [4.69, 9.17) is 27.9 Å². The van der Waals surface area contributed by atoms with Gasteiger partial charge in [0, 0.05) is 60.6 Å². The summed E-state index contributed by atoms with van der Waals surface area (Å²) >= 11 is 12.9. The highest BCUT2D eigenvalue weighted by molar-refractivity contribution is 6.35. The molecule has 1 N–H and O–H groups in total. The van der Waals surface area contributed by atoms with Gasteiger partial charge < -0.3 is 14.7 Å². The van der Waals surface area contributed by atoms with Gasteiger partial charge in [0.2, 0.25) is 0 Å². The van der Waals surface area contributed by atoms with E-state index in [1.807, 2.05) is 30.3 Å². The molecule has 2 saturated heterocycles. The Balaban J connectivity index is 1.46. The third-order valence-corrected chi connectivity index (χ3v) is 7.09. The lowest BCUT2D eigenvalue weighted by Gasteiger charge is -2.30. The maximum absolute atomic E-state index is 12.4. The fourth-order valence-electron chi connectivity index (χ4n) is 4.91. The molecule has 0 saturated carbocycles. The normalized spacial score (nSPS) is 26.1. The molecule has 164 valence electrons. The van der Waals surface area contributed by atoms with E-state index in [2.05, 4.69) is 4.90 Å². The molecule has 0 unspecified atom stereocenters. The summed E-state index contributed by atoms with van der Waals surface area (Å²) < 4.78 is 6.54. The highest BCUT2D eigenvalue weighted by Crippen LogP contribution is 2.43. The number of ether oxygens (including phenoxy) is 1. The van der Waals surface area contributed by atoms with Crippen LogP contribution in [-0.2, 0) is 6.42 Å². The van der Waals surface area contributed by atoms with Crippen molar-refractivity contribution in [1.29, 1.82) is 0 Å². The number of anilines is 1. The Bertz CT molecular complexity index is 1020. The van der Waals surface area contributed by atoms with Gasteiger partial charge in [0.15, 0.2) is 0 Å². The van der Waals surface area contributed by atoms with Crippen molar-refractivity contribution in [3.05, 3.63) is 57.6 Å². The molecule has 3 aliphatic rings. The number of likely N-dealkylation sites (tertiary alicyclic amines) is 1. The van der Waals surface area contributed by atoms with Gasteiger partial charge in [-0.05, 0) is 42.7 Å². The minimum Gasteiger partial charge on any atom is -0.484 e. The summed E-state index contributed by atoms with van der Waals surface area (Å²) in [5.74, 6) is 0.693. The summed E-state index contributed by atoms with van der Waals surface area (Å²) in [6.45, 7) is 2.80. The molecular formula is C23H25Cl2N3O3. The van der Waals surface area contributed by atoms with Crippen LogP contribution in [-0.4, -0.2) is 66.3 Å². The monoisotopic (exact) mass is 461 g/mol. The molecule has 2 heterocycles. The molecule has 31 heavy (non-hydrogen) atoms. The van der Waals surface area contributed by atoms with Crippen LogP contribution in [0.25, 0.3) is 0 Å². The number of halogens is 2. The summed E-state index contributed by atoms with van der Waals surface area (Å²) in [5.41, 5.74) is 2.86. The third-order valence-electron chi connectivity index (χ3n) is 6.54. The summed E-state index contributed by atoms with van der Waals surface area (Å²) in [5, 5.41) is 11.3. The van der Waals surface area contributed by atoms with E-state index >= 15 is 0 Å². The number of nitrogens with zero attached hydrogens (tertiary/aromatic N) is 3. The standard InChI is InChI=1S/C23H25Cl2N3O3/c1-26-7-8-28(23(26)30)15-3-2-4-17(11-15)31-22-19-9-14(24)10-20(25)18(19)12-21(22)27-6-5-16(29)13-27/h2-4,9-11,16,21-22,29H,5-8,12-13H2,1H3/t16-,21+,22+/m1/s1. The number of aliphatic hydroxyl groups is 1. The van der Waals surface area contributed by atoms with E-state index in [-0.39, 0.29) is 24.3 Å². The number of likely N-dealkylation sites (N-methyl/N-ethyl adjacent to an activating group) is 1. The fourth-order valence-corrected chi connectivity index (χ4v) is 5.49. The summed E-state index contributed by atoms with van der Waals surface area (Å²) in [6, 6.07) is 11.4. The molecule has 2 amide bonds. The van der Waals surface area contributed by atoms with Gasteiger partial charge in [0.05, 0.1) is 12.1 Å². The second kappa shape index (κ2) is 8.17. The number of carbonyl (C=O) groups excluding carboxylic acids is 1. The predicted octanol–water partition coefficient (Wildman–Crippen LogP) is 3.98. The van der Waals surface area contributed by atoms with E-state index in [0.717, 1.165) is 36.2 Å². The van der Waals surface area contributed by atoms with E-state index in [1.54, 1.807) is 22.9 Å². The van der Waals surface area contributed by atoms with Gasteiger partial charge in [0.25, 0.3) is 0 Å². The topological polar surface area (TPSA) is 56.3 Å². The number of β-amino-alcohol motifs (C(OH)–C–C–N with tert-alkyl or cyclic N) is 1. The molecular weight excluding hydrogens is 437 g/mol. The third kappa shape index (κ3) is 3.87. The molecule has 0 spiro atoms. The van der Waals surface area contributed by atoms with Crippen LogP contribution in [0.15, 0.2) is 36.4 Å². The van der Waals surface area contributed by atoms with Gasteiger partial charge in [-0.1, -0.05) is 29.3 Å². The lowest BCUT2D eigenvalue weighted by molar-refractivity contribution is 0.0819. The SMILES string of the molecule is CN1CCN(c2cccc(O[C@H]3c4cc(Cl)cc(Cl)c4C[C@@H]3N3CC[C@@H](O)C3)c2)C1=O. The van der Waals surface area contributed by atoms with Gasteiger partial charge in [-0.3, -0.25) is 9.80 Å². The van der Waals surface area contributed by atoms with E-state index in [1.165, 1.54) is 0 Å². The molecule has 1 aliphatic carbocycles. The van der Waals surface area contributed by atoms with Gasteiger partial charge in [-0.2, -0.15) is 0 Å². The summed E-state index contributed by atoms with van der Waals surface area (Å²) in [7, 11) is 1.81. The van der Waals surface area contributed by atoms with Gasteiger partial charge in [-0.25, -0.2) is 4.79 Å². The number of amides is 2. The second-order valence-corrected chi connectivity index (χ2v) is 9.40. The Morgan fingerprint density at radius 2 is 1.97 bits per heavy atom. The van der Waals surface area contributed by atoms with Crippen LogP contribution in [0.2, 0.25) is 10.0 Å². The Kier molecular flexibility index (Phi) is 5.51. The van der Waals surface area contributed by atoms with Crippen LogP contribution < -0.4 is 9.64 Å². The smallest absolute Gasteiger partial charge is 0.324 e. The molecule has 2 aliphatic heterocycles. The summed E-state index contributed by atoms with van der Waals surface area (Å²) in [6.07, 6.45) is 0.931. The second-order valence-electron chi connectivity index (χ2n) is 8.56. The molecule has 3 atom stereocenters. The molecule has 6 nitrogen and oxygen atoms in total. The molecule has 0 bridgehead atoms. The van der Waals surface area contributed by atoms with E-state index < -0.39 is 0 Å². The van der Waals surface area contributed by atoms with Crippen molar-refractivity contribution in [2.24, 2.45) is 0 Å². The predicted molar refractivity (Wildman–Crippen MR) is 121 cm³/mol. The first kappa shape index (κ1) is 20.9. The number of carbonyl (C=O) groups is 1. The zero-order chi connectivity index (χ0) is 21.7. The maximum atomic E-state index is 12.4. The highest BCUT2D eigenvalue weighted by atomic mass is 35.5. The first-order valence-electron chi connectivity index (χ1n) is 10.6. The average molecular weight is 462 g/mol. The lowest BCUT2D eigenvalue weighted by atomic mass is 10.1. The highest BCUT2D eigenvalue weighted by Gasteiger charge is 2.41. The van der Waals surface area contributed by atoms with Crippen LogP contribution >= 0.6 is 23.2 Å². The molecule has 0 radical (unpaired) electrons. The Morgan fingerprint density at radius 1 is 1.13 bits per heavy atom. The Morgan fingerprint density at radius 3 is 2.68 bits per heavy atom. The van der Waals surface area contributed by atoms with Gasteiger partial charge in [-0.15, -0.1) is 0 Å². The van der Waals surface area contributed by atoms with Crippen molar-refractivity contribution < 1.29 is 14.6 Å². The van der Waals surface area contributed by atoms with Crippen LogP contribution in [0.3, 0.4) is 0 Å². The first-order valence-corrected chi connectivity index (χ1v) is 11.4. The molecule has 2 aromatic rings. The van der Waals surface area contributed by atoms with Crippen molar-refractivity contribution in [1.82, 2.24) is 9.80 Å². The van der Waals surface area contributed by atoms with Crippen molar-refractivity contribution in [2.75, 3.05) is 38.1 Å². The van der Waals surface area contributed by atoms with E-state index in [9.17, 15) is 9.90 Å². The zero-order valence-corrected chi connectivity index (χ0v) is 18.8. The fraction of sp³-hybridized carbons (Fsp3) is 0.435. The van der Waals surface area contributed by atoms with Crippen molar-refractivity contribution in [2.45, 2.75) is 31.1 Å². The lowest BCUT2D eigenvalue weighted by Crippen LogP contribution is -2.39. The quantitative estimate of drug-likeness (QED) is 0.747. The minimum absolute atomic E-state index is 0.00847. The Labute approximate surface area is 191 Å². The van der Waals surface area contributed by atoms with Crippen molar-refractivity contribution in [3.63, 3.8) is 0 Å². The number of urea groups is 1. The van der Waals surface area contributed by atoms with Gasteiger partial charge >= 0.3 is 6.03 Å². The molecule has 5 rings (SSSR count). The molecule has 2 fully saturated rings. The molecule has 2 aromatic carbocycles. The molecule has 0 aromatic heterocycles. The van der Waals surface area contributed by atoms with Crippen LogP contribution in [0.5, 0.6) is 5.75 Å². The largest absolute Gasteiger partial charge is 0.484 e. The zero-order valence-electron chi connectivity index (χ0n) is 17.3. The molecule has 8 heteroatoms. The van der Waals surface area contributed by atoms with Crippen molar-refractivity contribution in [3.8, 4) is 5.75 Å². The summed E-state index contributed by atoms with van der Waals surface area (Å²) in [4.78, 5) is 18.2. The number of hydrogen-bond donors (Lipinski definition) is 1. The maximum Gasteiger partial charge on any atom is 0.324 e. The van der Waals surface area contributed by atoms with Crippen LogP contribution in [0.4, 0.5) is 10.5 Å². The number of aliphatic hydroxyl groups excluding tert-OH is 1. The first-order chi connectivity index (χ1) is 14.9. The van der Waals surface area contributed by atoms with E-state index in [0.29, 0.717) is 35.4 Å². The number of fused-ring (bicyclic) bond motifs is 1. The van der Waals surface area contributed by atoms with Crippen LogP contribution in [0, 0.1) is 0 Å². The number of benzene rings is 2. The van der Waals surface area contributed by atoms with Crippen molar-refractivity contribution >= 4 is 34.9 Å². The number of rotatable bonds is 4. The van der Waals surface area contributed by atoms with Crippen LogP contribution in [0.1, 0.15) is 23.7 Å². The average Bonchev–Trinajstić information content (AvgIpc) is 3.41.